The predicted molar refractivity (Wildman–Crippen MR) is 116 cm³/mol. The predicted octanol–water partition coefficient (Wildman–Crippen LogP) is 3.91. The van der Waals surface area contributed by atoms with Crippen molar-refractivity contribution in [3.8, 4) is 22.6 Å². The Balaban J connectivity index is 1.27. The van der Waals surface area contributed by atoms with E-state index in [0.29, 0.717) is 18.8 Å². The minimum absolute atomic E-state index is 0.249. The van der Waals surface area contributed by atoms with Gasteiger partial charge in [-0.1, -0.05) is 35.5 Å². The number of nitrogens with one attached hydrogen (secondary N) is 1. The third-order valence-corrected chi connectivity index (χ3v) is 5.62. The molecule has 5 rings (SSSR count). The average Bonchev–Trinajstić information content (AvgIpc) is 3.46. The maximum atomic E-state index is 12.5. The van der Waals surface area contributed by atoms with Gasteiger partial charge in [0.1, 0.15) is 0 Å². The van der Waals surface area contributed by atoms with Crippen molar-refractivity contribution in [1.82, 2.24) is 25.2 Å². The molecule has 1 aliphatic rings. The van der Waals surface area contributed by atoms with Gasteiger partial charge in [-0.2, -0.15) is 5.10 Å². The van der Waals surface area contributed by atoms with Crippen LogP contribution in [0.4, 0.5) is 0 Å². The van der Waals surface area contributed by atoms with Gasteiger partial charge in [-0.25, -0.2) is 0 Å². The number of rotatable bonds is 6. The summed E-state index contributed by atoms with van der Waals surface area (Å²) in [6.07, 6.45) is 8.01. The van der Waals surface area contributed by atoms with E-state index in [1.807, 2.05) is 47.1 Å². The number of carbonyl (C=O) groups excluding carboxylic acids is 1. The van der Waals surface area contributed by atoms with Gasteiger partial charge < -0.3 is 9.84 Å². The third-order valence-electron chi connectivity index (χ3n) is 5.62. The van der Waals surface area contributed by atoms with E-state index >= 15 is 0 Å². The highest BCUT2D eigenvalue weighted by atomic mass is 16.5. The molecule has 4 aromatic rings. The lowest BCUT2D eigenvalue weighted by atomic mass is 9.94. The van der Waals surface area contributed by atoms with Gasteiger partial charge in [-0.3, -0.25) is 14.5 Å². The number of nitrogens with zero attached hydrogens (tertiary/aromatic N) is 4. The van der Waals surface area contributed by atoms with Crippen LogP contribution in [0.3, 0.4) is 0 Å². The first-order valence-corrected chi connectivity index (χ1v) is 10.6. The molecule has 7 heteroatoms. The Hall–Kier alpha value is -3.74. The highest BCUT2D eigenvalue weighted by Gasteiger charge is 2.22. The van der Waals surface area contributed by atoms with Crippen LogP contribution in [0.25, 0.3) is 22.6 Å². The Labute approximate surface area is 180 Å². The monoisotopic (exact) mass is 413 g/mol. The topological polar surface area (TPSA) is 85.8 Å². The Bertz CT molecular complexity index is 1180. The molecule has 1 N–H and O–H groups in total. The highest BCUT2D eigenvalue weighted by Crippen LogP contribution is 2.30. The van der Waals surface area contributed by atoms with Gasteiger partial charge in [0.25, 0.3) is 5.91 Å². The van der Waals surface area contributed by atoms with Crippen molar-refractivity contribution in [3.63, 3.8) is 0 Å². The standard InChI is InChI=1S/C24H23N5O2/c30-24(20-16-22(31-28-20)17-6-2-1-3-7-17)26-14-15-29-21-9-5-4-8-19(21)23(27-29)18-10-12-25-13-11-18/h1-3,6-7,10-13,16H,4-5,8-9,14-15H2,(H,26,30). The first-order chi connectivity index (χ1) is 15.3. The van der Waals surface area contributed by atoms with E-state index < -0.39 is 0 Å². The minimum Gasteiger partial charge on any atom is -0.355 e. The maximum Gasteiger partial charge on any atom is 0.273 e. The van der Waals surface area contributed by atoms with Crippen molar-refractivity contribution in [2.75, 3.05) is 6.54 Å². The molecule has 0 saturated heterocycles. The molecule has 0 spiro atoms. The van der Waals surface area contributed by atoms with Crippen LogP contribution in [0, 0.1) is 0 Å². The van der Waals surface area contributed by atoms with Gasteiger partial charge in [0.05, 0.1) is 12.2 Å². The molecule has 156 valence electrons. The number of hydrogen-bond acceptors (Lipinski definition) is 5. The molecule has 0 radical (unpaired) electrons. The van der Waals surface area contributed by atoms with Crippen molar-refractivity contribution < 1.29 is 9.32 Å². The molecule has 0 fully saturated rings. The van der Waals surface area contributed by atoms with Gasteiger partial charge in [0.15, 0.2) is 11.5 Å². The summed E-state index contributed by atoms with van der Waals surface area (Å²) in [6.45, 7) is 1.08. The van der Waals surface area contributed by atoms with Gasteiger partial charge in [-0.05, 0) is 37.8 Å². The van der Waals surface area contributed by atoms with Crippen LogP contribution in [0.5, 0.6) is 0 Å². The average molecular weight is 413 g/mol. The van der Waals surface area contributed by atoms with E-state index in [9.17, 15) is 4.79 Å². The lowest BCUT2D eigenvalue weighted by Gasteiger charge is -2.14. The first-order valence-electron chi connectivity index (χ1n) is 10.6. The SMILES string of the molecule is O=C(NCCn1nc(-c2ccncc2)c2c1CCCC2)c1cc(-c2ccccc2)on1. The number of aromatic nitrogens is 4. The van der Waals surface area contributed by atoms with Crippen molar-refractivity contribution >= 4 is 5.91 Å². The summed E-state index contributed by atoms with van der Waals surface area (Å²) in [5, 5.41) is 11.7. The fourth-order valence-corrected chi connectivity index (χ4v) is 4.08. The number of hydrogen-bond donors (Lipinski definition) is 1. The van der Waals surface area contributed by atoms with Crippen molar-refractivity contribution in [1.29, 1.82) is 0 Å². The molecule has 1 amide bonds. The van der Waals surface area contributed by atoms with Crippen LogP contribution in [-0.2, 0) is 19.4 Å². The second-order valence-electron chi connectivity index (χ2n) is 7.64. The summed E-state index contributed by atoms with van der Waals surface area (Å²) in [4.78, 5) is 16.6. The fourth-order valence-electron chi connectivity index (χ4n) is 4.08. The molecule has 1 aromatic carbocycles. The van der Waals surface area contributed by atoms with E-state index in [1.54, 1.807) is 18.5 Å². The van der Waals surface area contributed by atoms with Gasteiger partial charge >= 0.3 is 0 Å². The number of pyridine rings is 1. The van der Waals surface area contributed by atoms with Crippen LogP contribution in [0.15, 0.2) is 65.4 Å². The van der Waals surface area contributed by atoms with Gasteiger partial charge in [-0.15, -0.1) is 0 Å². The molecule has 7 nitrogen and oxygen atoms in total. The normalized spacial score (nSPS) is 13.0. The number of fused-ring (bicyclic) bond motifs is 1. The Morgan fingerprint density at radius 1 is 1.03 bits per heavy atom. The van der Waals surface area contributed by atoms with Crippen molar-refractivity contribution in [2.45, 2.75) is 32.2 Å². The number of carbonyl (C=O) groups is 1. The highest BCUT2D eigenvalue weighted by molar-refractivity contribution is 5.93. The zero-order chi connectivity index (χ0) is 21.0. The van der Waals surface area contributed by atoms with Crippen LogP contribution in [0.2, 0.25) is 0 Å². The smallest absolute Gasteiger partial charge is 0.273 e. The summed E-state index contributed by atoms with van der Waals surface area (Å²) in [5.74, 6) is 0.329. The van der Waals surface area contributed by atoms with Crippen molar-refractivity contribution in [2.24, 2.45) is 0 Å². The maximum absolute atomic E-state index is 12.5. The molecule has 0 bridgehead atoms. The summed E-state index contributed by atoms with van der Waals surface area (Å²) in [7, 11) is 0. The Kier molecular flexibility index (Phi) is 5.31. The second kappa shape index (κ2) is 8.55. The lowest BCUT2D eigenvalue weighted by molar-refractivity contribution is 0.0943. The molecule has 0 atom stereocenters. The molecule has 0 aliphatic heterocycles. The second-order valence-corrected chi connectivity index (χ2v) is 7.64. The van der Waals surface area contributed by atoms with Gasteiger partial charge in [0, 0.05) is 47.4 Å². The van der Waals surface area contributed by atoms with E-state index in [4.69, 9.17) is 9.62 Å². The quantitative estimate of drug-likeness (QED) is 0.518. The Morgan fingerprint density at radius 3 is 2.68 bits per heavy atom. The van der Waals surface area contributed by atoms with E-state index in [2.05, 4.69) is 15.5 Å². The zero-order valence-corrected chi connectivity index (χ0v) is 17.1. The molecular formula is C24H23N5O2. The molecule has 0 saturated carbocycles. The molecule has 0 unspecified atom stereocenters. The first kappa shape index (κ1) is 19.2. The molecule has 3 heterocycles. The fraction of sp³-hybridized carbons (Fsp3) is 0.250. The van der Waals surface area contributed by atoms with E-state index in [0.717, 1.165) is 29.7 Å². The summed E-state index contributed by atoms with van der Waals surface area (Å²) < 4.78 is 7.37. The van der Waals surface area contributed by atoms with Gasteiger partial charge in [0.2, 0.25) is 0 Å². The Morgan fingerprint density at radius 2 is 1.84 bits per heavy atom. The minimum atomic E-state index is -0.249. The van der Waals surface area contributed by atoms with Crippen molar-refractivity contribution in [3.05, 3.63) is 77.9 Å². The van der Waals surface area contributed by atoms with E-state index in [1.165, 1.54) is 24.1 Å². The van der Waals surface area contributed by atoms with Crippen LogP contribution >= 0.6 is 0 Å². The lowest BCUT2D eigenvalue weighted by Crippen LogP contribution is -2.28. The van der Waals surface area contributed by atoms with Crippen LogP contribution < -0.4 is 5.32 Å². The largest absolute Gasteiger partial charge is 0.355 e. The summed E-state index contributed by atoms with van der Waals surface area (Å²) in [5.41, 5.74) is 5.90. The third kappa shape index (κ3) is 3.99. The van der Waals surface area contributed by atoms with Crippen LogP contribution in [0.1, 0.15) is 34.6 Å². The number of amides is 1. The zero-order valence-electron chi connectivity index (χ0n) is 17.1. The van der Waals surface area contributed by atoms with E-state index in [-0.39, 0.29) is 11.6 Å². The molecule has 3 aromatic heterocycles. The number of benzene rings is 1. The summed E-state index contributed by atoms with van der Waals surface area (Å²) in [6, 6.07) is 15.3. The summed E-state index contributed by atoms with van der Waals surface area (Å²) >= 11 is 0. The van der Waals surface area contributed by atoms with Crippen LogP contribution in [-0.4, -0.2) is 32.4 Å². The molecular weight excluding hydrogens is 390 g/mol. The molecule has 31 heavy (non-hydrogen) atoms. The molecule has 1 aliphatic carbocycles.